The van der Waals surface area contributed by atoms with Gasteiger partial charge in [0, 0.05) is 27.1 Å². The summed E-state index contributed by atoms with van der Waals surface area (Å²) in [4.78, 5) is 14.9. The van der Waals surface area contributed by atoms with Crippen molar-refractivity contribution in [3.8, 4) is 11.1 Å². The number of benzene rings is 8. The maximum atomic E-state index is 6.49. The highest BCUT2D eigenvalue weighted by atomic mass is 16.3. The van der Waals surface area contributed by atoms with Gasteiger partial charge in [0.2, 0.25) is 0 Å². The molecule has 0 saturated heterocycles. The zero-order valence-corrected chi connectivity index (χ0v) is 28.7. The summed E-state index contributed by atoms with van der Waals surface area (Å²) in [6, 6.07) is 56.1. The highest BCUT2D eigenvalue weighted by Gasteiger charge is 2.17. The highest BCUT2D eigenvalue weighted by Crippen LogP contribution is 2.37. The Morgan fingerprint density at radius 3 is 1.96 bits per heavy atom. The molecule has 0 atom stereocenters. The maximum Gasteiger partial charge on any atom is 0.161 e. The molecule has 0 radical (unpaired) electrons. The molecule has 5 heteroatoms. The van der Waals surface area contributed by atoms with Crippen LogP contribution in [0.25, 0.3) is 76.5 Å². The van der Waals surface area contributed by atoms with E-state index >= 15 is 0 Å². The smallest absolute Gasteiger partial charge is 0.161 e. The second-order valence-electron chi connectivity index (χ2n) is 13.2. The number of amidine groups is 2. The molecule has 0 aliphatic carbocycles. The molecule has 0 amide bonds. The Bertz CT molecular complexity index is 3110. The van der Waals surface area contributed by atoms with E-state index in [1.165, 1.54) is 21.5 Å². The first kappa shape index (κ1) is 30.7. The third kappa shape index (κ3) is 5.21. The van der Waals surface area contributed by atoms with E-state index in [1.54, 1.807) is 0 Å². The molecule has 250 valence electrons. The fourth-order valence-corrected chi connectivity index (χ4v) is 7.63. The third-order valence-electron chi connectivity index (χ3n) is 10.1. The van der Waals surface area contributed by atoms with Gasteiger partial charge < -0.3 is 8.83 Å². The van der Waals surface area contributed by atoms with Gasteiger partial charge in [0.15, 0.2) is 11.7 Å². The maximum absolute atomic E-state index is 6.49. The number of hydrogen-bond acceptors (Lipinski definition) is 3. The fraction of sp³-hybridized carbons (Fsp3) is 0.0208. The van der Waals surface area contributed by atoms with Gasteiger partial charge in [0.05, 0.1) is 12.1 Å². The topological polar surface area (TPSA) is 63.4 Å². The Balaban J connectivity index is 1.11. The van der Waals surface area contributed by atoms with Crippen LogP contribution in [0.4, 0.5) is 0 Å². The highest BCUT2D eigenvalue weighted by molar-refractivity contribution is 6.19. The van der Waals surface area contributed by atoms with Crippen molar-refractivity contribution in [1.82, 2.24) is 0 Å². The van der Waals surface area contributed by atoms with Crippen molar-refractivity contribution in [2.24, 2.45) is 15.0 Å². The van der Waals surface area contributed by atoms with Crippen LogP contribution in [-0.2, 0) is 6.54 Å². The number of furan rings is 2. The van der Waals surface area contributed by atoms with Crippen LogP contribution in [0.15, 0.2) is 188 Å². The number of nitrogens with zero attached hydrogens (tertiary/aromatic N) is 3. The summed E-state index contributed by atoms with van der Waals surface area (Å²) in [5.41, 5.74) is 8.19. The first-order valence-corrected chi connectivity index (χ1v) is 17.6. The minimum atomic E-state index is 0.410. The molecular formula is C48H31N3O2. The molecule has 5 nitrogen and oxygen atoms in total. The summed E-state index contributed by atoms with van der Waals surface area (Å²) in [6.07, 6.45) is 0. The number of aliphatic imine (C=N–C) groups is 3. The van der Waals surface area contributed by atoms with E-state index in [0.717, 1.165) is 71.7 Å². The number of fused-ring (bicyclic) bond motifs is 9. The quantitative estimate of drug-likeness (QED) is 0.103. The van der Waals surface area contributed by atoms with E-state index in [1.807, 2.05) is 72.8 Å². The molecule has 0 spiro atoms. The Kier molecular flexibility index (Phi) is 7.29. The number of para-hydroxylation sites is 3. The average molecular weight is 682 g/mol. The first-order valence-electron chi connectivity index (χ1n) is 17.6. The molecular weight excluding hydrogens is 651 g/mol. The van der Waals surface area contributed by atoms with Gasteiger partial charge in [-0.3, -0.25) is 4.99 Å². The van der Waals surface area contributed by atoms with Crippen LogP contribution in [0, 0.1) is 0 Å². The lowest BCUT2D eigenvalue weighted by Crippen LogP contribution is -2.06. The van der Waals surface area contributed by atoms with E-state index in [9.17, 15) is 0 Å². The summed E-state index contributed by atoms with van der Waals surface area (Å²) < 4.78 is 12.7. The van der Waals surface area contributed by atoms with Gasteiger partial charge in [0.25, 0.3) is 0 Å². The normalized spacial score (nSPS) is 12.5. The van der Waals surface area contributed by atoms with E-state index in [4.69, 9.17) is 18.8 Å². The fourth-order valence-electron chi connectivity index (χ4n) is 7.63. The second kappa shape index (κ2) is 12.6. The van der Waals surface area contributed by atoms with Crippen molar-refractivity contribution >= 4 is 83.8 Å². The molecule has 53 heavy (non-hydrogen) atoms. The third-order valence-corrected chi connectivity index (χ3v) is 10.1. The Morgan fingerprint density at radius 2 is 1.15 bits per heavy atom. The molecule has 0 unspecified atom stereocenters. The van der Waals surface area contributed by atoms with Crippen LogP contribution in [0.3, 0.4) is 0 Å². The average Bonchev–Trinajstić information content (AvgIpc) is 3.80. The Labute approximate surface area is 304 Å². The van der Waals surface area contributed by atoms with Crippen LogP contribution >= 0.6 is 0 Å². The van der Waals surface area contributed by atoms with Gasteiger partial charge in [-0.2, -0.15) is 0 Å². The monoisotopic (exact) mass is 681 g/mol. The van der Waals surface area contributed by atoms with E-state index in [0.29, 0.717) is 18.2 Å². The minimum absolute atomic E-state index is 0.410. The SMILES string of the molecule is C=NC(=NC(=NCc1cc2ccccc2c2ccccc12)c1cccc2c1oc1ccccc12)c1ccc(-c2cccc3oc4ccccc4c23)cc1. The summed E-state index contributed by atoms with van der Waals surface area (Å²) in [6.45, 7) is 4.36. The number of hydrogen-bond donors (Lipinski definition) is 0. The summed E-state index contributed by atoms with van der Waals surface area (Å²) in [7, 11) is 0. The van der Waals surface area contributed by atoms with Gasteiger partial charge >= 0.3 is 0 Å². The Morgan fingerprint density at radius 1 is 0.509 bits per heavy atom. The molecule has 0 fully saturated rings. The molecule has 2 aromatic heterocycles. The molecule has 8 aromatic carbocycles. The Hall–Kier alpha value is -7.11. The second-order valence-corrected chi connectivity index (χ2v) is 13.2. The standard InChI is InChI=1S/C48H31N3O2/c1-49-47(31-26-24-30(25-27-31)36-18-11-23-44-45(36)40-17-7-9-22-43(40)52-44)51-48(41-20-10-19-39-38-16-6-8-21-42(38)53-46(39)41)50-29-33-28-32-12-2-3-13-34(32)37-15-5-4-14-35(33)37/h2-28H,1,29H2. The van der Waals surface area contributed by atoms with Crippen LogP contribution in [0.5, 0.6) is 0 Å². The molecule has 10 aromatic rings. The van der Waals surface area contributed by atoms with Crippen molar-refractivity contribution in [3.63, 3.8) is 0 Å². The van der Waals surface area contributed by atoms with Crippen LogP contribution in [-0.4, -0.2) is 18.4 Å². The largest absolute Gasteiger partial charge is 0.456 e. The minimum Gasteiger partial charge on any atom is -0.456 e. The van der Waals surface area contributed by atoms with E-state index in [-0.39, 0.29) is 0 Å². The summed E-state index contributed by atoms with van der Waals surface area (Å²) >= 11 is 0. The molecule has 0 N–H and O–H groups in total. The van der Waals surface area contributed by atoms with Crippen molar-refractivity contribution in [1.29, 1.82) is 0 Å². The summed E-state index contributed by atoms with van der Waals surface area (Å²) in [5.74, 6) is 0.992. The first-order chi connectivity index (χ1) is 26.2. The lowest BCUT2D eigenvalue weighted by Gasteiger charge is -2.11. The van der Waals surface area contributed by atoms with Crippen LogP contribution < -0.4 is 0 Å². The molecule has 0 bridgehead atoms. The summed E-state index contributed by atoms with van der Waals surface area (Å²) in [5, 5.41) is 9.01. The molecule has 2 heterocycles. The zero-order chi connectivity index (χ0) is 35.3. The lowest BCUT2D eigenvalue weighted by atomic mass is 9.97. The van der Waals surface area contributed by atoms with Crippen LogP contribution in [0.2, 0.25) is 0 Å². The van der Waals surface area contributed by atoms with Gasteiger partial charge in [-0.05, 0) is 75.3 Å². The van der Waals surface area contributed by atoms with Crippen molar-refractivity contribution in [2.45, 2.75) is 6.54 Å². The van der Waals surface area contributed by atoms with Gasteiger partial charge in [0.1, 0.15) is 22.3 Å². The van der Waals surface area contributed by atoms with Gasteiger partial charge in [-0.1, -0.05) is 133 Å². The zero-order valence-electron chi connectivity index (χ0n) is 28.7. The van der Waals surface area contributed by atoms with Crippen LogP contribution in [0.1, 0.15) is 16.7 Å². The predicted molar refractivity (Wildman–Crippen MR) is 221 cm³/mol. The van der Waals surface area contributed by atoms with E-state index in [2.05, 4.69) is 103 Å². The lowest BCUT2D eigenvalue weighted by molar-refractivity contribution is 0.668. The molecule has 0 aliphatic heterocycles. The van der Waals surface area contributed by atoms with Crippen molar-refractivity contribution in [2.75, 3.05) is 0 Å². The number of rotatable bonds is 5. The van der Waals surface area contributed by atoms with E-state index < -0.39 is 0 Å². The molecule has 0 aliphatic rings. The van der Waals surface area contributed by atoms with Crippen molar-refractivity contribution < 1.29 is 8.83 Å². The van der Waals surface area contributed by atoms with Gasteiger partial charge in [-0.25, -0.2) is 9.98 Å². The molecule has 0 saturated carbocycles. The van der Waals surface area contributed by atoms with Crippen molar-refractivity contribution in [3.05, 3.63) is 180 Å². The molecule has 10 rings (SSSR count). The predicted octanol–water partition coefficient (Wildman–Crippen LogP) is 12.6. The van der Waals surface area contributed by atoms with Gasteiger partial charge in [-0.15, -0.1) is 0 Å².